The highest BCUT2D eigenvalue weighted by Crippen LogP contribution is 2.11. The number of aliphatic carboxylic acids is 1. The SMILES string of the molecule is COC(=O)CCCCCCCOCC(COCCCCCCCC/C=C\CCCCC(C)C(=O)O)N(C)C. The number of nitrogens with zero attached hydrogens (tertiary/aromatic N) is 1. The van der Waals surface area contributed by atoms with E-state index in [1.807, 2.05) is 0 Å². The van der Waals surface area contributed by atoms with Crippen molar-refractivity contribution < 1.29 is 28.9 Å². The quantitative estimate of drug-likeness (QED) is 0.0646. The van der Waals surface area contributed by atoms with Gasteiger partial charge in [0.15, 0.2) is 0 Å². The average molecular weight is 542 g/mol. The van der Waals surface area contributed by atoms with Crippen LogP contribution in [0.15, 0.2) is 12.2 Å². The molecule has 0 aliphatic carbocycles. The molecule has 0 aromatic heterocycles. The summed E-state index contributed by atoms with van der Waals surface area (Å²) in [4.78, 5) is 24.0. The summed E-state index contributed by atoms with van der Waals surface area (Å²) < 4.78 is 16.5. The summed E-state index contributed by atoms with van der Waals surface area (Å²) >= 11 is 0. The Balaban J connectivity index is 3.49. The lowest BCUT2D eigenvalue weighted by Crippen LogP contribution is -2.37. The van der Waals surface area contributed by atoms with Gasteiger partial charge in [-0.2, -0.15) is 0 Å². The molecule has 2 unspecified atom stereocenters. The number of allylic oxidation sites excluding steroid dienone is 2. The molecule has 0 heterocycles. The Bertz CT molecular complexity index is 581. The third kappa shape index (κ3) is 24.9. The number of ether oxygens (including phenoxy) is 3. The first-order chi connectivity index (χ1) is 18.4. The van der Waals surface area contributed by atoms with Crippen LogP contribution in [0.25, 0.3) is 0 Å². The molecule has 0 spiro atoms. The molecule has 0 aromatic carbocycles. The van der Waals surface area contributed by atoms with Gasteiger partial charge < -0.3 is 24.2 Å². The van der Waals surface area contributed by atoms with Gasteiger partial charge >= 0.3 is 11.9 Å². The van der Waals surface area contributed by atoms with Gasteiger partial charge in [-0.15, -0.1) is 0 Å². The van der Waals surface area contributed by atoms with Crippen LogP contribution >= 0.6 is 0 Å². The number of methoxy groups -OCH3 is 1. The lowest BCUT2D eigenvalue weighted by atomic mass is 10.0. The molecule has 0 amide bonds. The molecule has 0 bridgehead atoms. The fraction of sp³-hybridized carbons (Fsp3) is 0.871. The fourth-order valence-electron chi connectivity index (χ4n) is 4.14. The molecule has 7 nitrogen and oxygen atoms in total. The second-order valence-corrected chi connectivity index (χ2v) is 10.8. The summed E-state index contributed by atoms with van der Waals surface area (Å²) in [6.07, 6.45) is 22.9. The van der Waals surface area contributed by atoms with E-state index in [0.29, 0.717) is 19.6 Å². The summed E-state index contributed by atoms with van der Waals surface area (Å²) in [5, 5.41) is 8.88. The van der Waals surface area contributed by atoms with Crippen molar-refractivity contribution in [3.8, 4) is 0 Å². The molecule has 0 rings (SSSR count). The molecular weight excluding hydrogens is 482 g/mol. The largest absolute Gasteiger partial charge is 0.481 e. The van der Waals surface area contributed by atoms with Gasteiger partial charge in [-0.25, -0.2) is 0 Å². The molecule has 1 N–H and O–H groups in total. The van der Waals surface area contributed by atoms with Gasteiger partial charge in [0.05, 0.1) is 32.3 Å². The monoisotopic (exact) mass is 541 g/mol. The second-order valence-electron chi connectivity index (χ2n) is 10.8. The van der Waals surface area contributed by atoms with Crippen LogP contribution in [0.1, 0.15) is 116 Å². The standard InChI is InChI=1S/C31H59NO6/c1-28(31(34)35)22-18-14-11-9-7-5-6-8-10-12-16-20-24-37-26-29(32(2)3)27-38-25-21-17-13-15-19-23-30(33)36-4/h7,9,28-29H,5-6,8,10-27H2,1-4H3,(H,34,35)/b9-7-. The highest BCUT2D eigenvalue weighted by molar-refractivity contribution is 5.69. The molecule has 0 aliphatic rings. The van der Waals surface area contributed by atoms with Crippen molar-refractivity contribution >= 4 is 11.9 Å². The van der Waals surface area contributed by atoms with Crippen molar-refractivity contribution in [3.63, 3.8) is 0 Å². The van der Waals surface area contributed by atoms with Crippen LogP contribution in [0.2, 0.25) is 0 Å². The van der Waals surface area contributed by atoms with E-state index in [4.69, 9.17) is 14.6 Å². The van der Waals surface area contributed by atoms with E-state index in [9.17, 15) is 9.59 Å². The van der Waals surface area contributed by atoms with Crippen LogP contribution in [0.3, 0.4) is 0 Å². The molecule has 0 radical (unpaired) electrons. The van der Waals surface area contributed by atoms with Crippen LogP contribution in [0, 0.1) is 5.92 Å². The Kier molecular flexibility index (Phi) is 26.1. The maximum absolute atomic E-state index is 11.1. The van der Waals surface area contributed by atoms with Gasteiger partial charge in [-0.05, 0) is 65.5 Å². The van der Waals surface area contributed by atoms with Crippen LogP contribution in [-0.4, -0.2) is 75.6 Å². The number of hydrogen-bond acceptors (Lipinski definition) is 6. The van der Waals surface area contributed by atoms with E-state index in [1.165, 1.54) is 39.2 Å². The van der Waals surface area contributed by atoms with Gasteiger partial charge in [0.25, 0.3) is 0 Å². The Hall–Kier alpha value is -1.44. The minimum atomic E-state index is -0.683. The number of rotatable bonds is 28. The normalized spacial score (nSPS) is 13.3. The molecular formula is C31H59NO6. The number of carboxylic acids is 1. The molecule has 0 aromatic rings. The van der Waals surface area contributed by atoms with Crippen molar-refractivity contribution in [2.24, 2.45) is 5.92 Å². The Morgan fingerprint density at radius 3 is 1.71 bits per heavy atom. The smallest absolute Gasteiger partial charge is 0.306 e. The van der Waals surface area contributed by atoms with Crippen LogP contribution in [-0.2, 0) is 23.8 Å². The average Bonchev–Trinajstić information content (AvgIpc) is 2.89. The topological polar surface area (TPSA) is 85.3 Å². The van der Waals surface area contributed by atoms with Crippen molar-refractivity contribution in [2.75, 3.05) is 47.6 Å². The lowest BCUT2D eigenvalue weighted by molar-refractivity contribution is -0.142. The molecule has 0 saturated carbocycles. The first-order valence-corrected chi connectivity index (χ1v) is 15.1. The second kappa shape index (κ2) is 27.1. The lowest BCUT2D eigenvalue weighted by Gasteiger charge is -2.24. The number of carboxylic acid groups (broad SMARTS) is 1. The highest BCUT2D eigenvalue weighted by atomic mass is 16.5. The van der Waals surface area contributed by atoms with Crippen molar-refractivity contribution in [1.29, 1.82) is 0 Å². The van der Waals surface area contributed by atoms with E-state index in [0.717, 1.165) is 83.8 Å². The number of esters is 1. The van der Waals surface area contributed by atoms with Crippen LogP contribution in [0.5, 0.6) is 0 Å². The van der Waals surface area contributed by atoms with Crippen molar-refractivity contribution in [1.82, 2.24) is 4.90 Å². The third-order valence-corrected chi connectivity index (χ3v) is 7.00. The summed E-state index contributed by atoms with van der Waals surface area (Å²) in [6.45, 7) is 4.81. The zero-order valence-corrected chi connectivity index (χ0v) is 25.1. The summed E-state index contributed by atoms with van der Waals surface area (Å²) in [7, 11) is 5.60. The Morgan fingerprint density at radius 2 is 1.21 bits per heavy atom. The predicted molar refractivity (Wildman–Crippen MR) is 156 cm³/mol. The molecule has 0 fully saturated rings. The predicted octanol–water partition coefficient (Wildman–Crippen LogP) is 7.03. The fourth-order valence-corrected chi connectivity index (χ4v) is 4.14. The molecule has 0 saturated heterocycles. The number of hydrogen-bond donors (Lipinski definition) is 1. The van der Waals surface area contributed by atoms with E-state index in [1.54, 1.807) is 6.92 Å². The highest BCUT2D eigenvalue weighted by Gasteiger charge is 2.12. The number of carbonyl (C=O) groups excluding carboxylic acids is 1. The van der Waals surface area contributed by atoms with Gasteiger partial charge in [0, 0.05) is 19.6 Å². The summed E-state index contributed by atoms with van der Waals surface area (Å²) in [5.74, 6) is -1.02. The van der Waals surface area contributed by atoms with Gasteiger partial charge in [0.2, 0.25) is 0 Å². The van der Waals surface area contributed by atoms with Crippen molar-refractivity contribution in [2.45, 2.75) is 122 Å². The summed E-state index contributed by atoms with van der Waals surface area (Å²) in [5.41, 5.74) is 0. The molecule has 2 atom stereocenters. The van der Waals surface area contributed by atoms with Crippen molar-refractivity contribution in [3.05, 3.63) is 12.2 Å². The Morgan fingerprint density at radius 1 is 0.737 bits per heavy atom. The number of unbranched alkanes of at least 4 members (excludes halogenated alkanes) is 12. The molecule has 7 heteroatoms. The maximum Gasteiger partial charge on any atom is 0.306 e. The third-order valence-electron chi connectivity index (χ3n) is 7.00. The van der Waals surface area contributed by atoms with Gasteiger partial charge in [-0.3, -0.25) is 9.59 Å². The molecule has 38 heavy (non-hydrogen) atoms. The minimum Gasteiger partial charge on any atom is -0.481 e. The minimum absolute atomic E-state index is 0.115. The first-order valence-electron chi connectivity index (χ1n) is 15.1. The molecule has 224 valence electrons. The maximum atomic E-state index is 11.1. The molecule has 0 aliphatic heterocycles. The number of likely N-dealkylation sites (N-methyl/N-ethyl adjacent to an activating group) is 1. The first kappa shape index (κ1) is 36.6. The summed E-state index contributed by atoms with van der Waals surface area (Å²) in [6, 6.07) is 0.288. The number of carbonyl (C=O) groups is 2. The van der Waals surface area contributed by atoms with Crippen LogP contribution < -0.4 is 0 Å². The van der Waals surface area contributed by atoms with E-state index in [-0.39, 0.29) is 17.9 Å². The van der Waals surface area contributed by atoms with E-state index >= 15 is 0 Å². The van der Waals surface area contributed by atoms with E-state index < -0.39 is 5.97 Å². The van der Waals surface area contributed by atoms with Gasteiger partial charge in [-0.1, -0.05) is 70.4 Å². The van der Waals surface area contributed by atoms with Gasteiger partial charge in [0.1, 0.15) is 0 Å². The van der Waals surface area contributed by atoms with Crippen LogP contribution in [0.4, 0.5) is 0 Å². The zero-order valence-electron chi connectivity index (χ0n) is 25.1. The Labute approximate surface area is 233 Å². The van der Waals surface area contributed by atoms with E-state index in [2.05, 4.69) is 35.9 Å². The zero-order chi connectivity index (χ0) is 28.3.